The zero-order valence-corrected chi connectivity index (χ0v) is 18.0. The number of hydrogen-bond acceptors (Lipinski definition) is 6. The molecule has 0 radical (unpaired) electrons. The van der Waals surface area contributed by atoms with Crippen LogP contribution in [0.4, 0.5) is 4.39 Å². The van der Waals surface area contributed by atoms with E-state index in [-0.39, 0.29) is 30.0 Å². The van der Waals surface area contributed by atoms with E-state index in [2.05, 4.69) is 20.4 Å². The van der Waals surface area contributed by atoms with Crippen molar-refractivity contribution in [3.63, 3.8) is 0 Å². The molecule has 2 amide bonds. The van der Waals surface area contributed by atoms with E-state index in [1.54, 1.807) is 41.6 Å². The van der Waals surface area contributed by atoms with Crippen molar-refractivity contribution >= 4 is 11.8 Å². The van der Waals surface area contributed by atoms with Gasteiger partial charge in [0, 0.05) is 56.2 Å². The van der Waals surface area contributed by atoms with Crippen molar-refractivity contribution in [1.29, 1.82) is 0 Å². The number of nitrogens with one attached hydrogen (secondary N) is 1. The summed E-state index contributed by atoms with van der Waals surface area (Å²) in [7, 11) is 0. The number of rotatable bonds is 5. The first-order valence-electron chi connectivity index (χ1n) is 11.1. The summed E-state index contributed by atoms with van der Waals surface area (Å²) in [6, 6.07) is 10.2. The van der Waals surface area contributed by atoms with Gasteiger partial charge >= 0.3 is 0 Å². The van der Waals surface area contributed by atoms with Crippen molar-refractivity contribution in [2.24, 2.45) is 0 Å². The zero-order chi connectivity index (χ0) is 22.8. The number of amides is 2. The Hall–Kier alpha value is -3.62. The summed E-state index contributed by atoms with van der Waals surface area (Å²) in [6.45, 7) is 0.714. The minimum atomic E-state index is -0.648. The van der Waals surface area contributed by atoms with Gasteiger partial charge in [-0.25, -0.2) is 4.39 Å². The van der Waals surface area contributed by atoms with E-state index < -0.39 is 5.54 Å². The van der Waals surface area contributed by atoms with Crippen molar-refractivity contribution < 1.29 is 18.5 Å². The van der Waals surface area contributed by atoms with Gasteiger partial charge < -0.3 is 14.7 Å². The average molecular weight is 449 g/mol. The second-order valence-corrected chi connectivity index (χ2v) is 8.66. The van der Waals surface area contributed by atoms with Gasteiger partial charge in [0.1, 0.15) is 5.82 Å². The number of halogens is 1. The van der Waals surface area contributed by atoms with E-state index in [0.717, 1.165) is 12.0 Å². The molecule has 2 aliphatic rings. The Morgan fingerprint density at radius 1 is 1.27 bits per heavy atom. The third-order valence-electron chi connectivity index (χ3n) is 6.53. The maximum absolute atomic E-state index is 14.7. The maximum atomic E-state index is 14.7. The van der Waals surface area contributed by atoms with Crippen LogP contribution >= 0.6 is 0 Å². The van der Waals surface area contributed by atoms with Crippen molar-refractivity contribution in [1.82, 2.24) is 25.3 Å². The smallest absolute Gasteiger partial charge is 0.227 e. The molecule has 8 nitrogen and oxygen atoms in total. The van der Waals surface area contributed by atoms with E-state index >= 15 is 0 Å². The van der Waals surface area contributed by atoms with Crippen molar-refractivity contribution in [3.8, 4) is 11.4 Å². The zero-order valence-electron chi connectivity index (χ0n) is 18.0. The number of aromatic nitrogens is 3. The van der Waals surface area contributed by atoms with Gasteiger partial charge in [-0.1, -0.05) is 23.4 Å². The minimum Gasteiger partial charge on any atom is -0.348 e. The van der Waals surface area contributed by atoms with E-state index in [0.29, 0.717) is 49.6 Å². The number of carbonyl (C=O) groups excluding carboxylic acids is 2. The third kappa shape index (κ3) is 4.22. The lowest BCUT2D eigenvalue weighted by Gasteiger charge is -2.39. The van der Waals surface area contributed by atoms with Crippen molar-refractivity contribution in [2.45, 2.75) is 43.6 Å². The molecular formula is C24H24FN5O3. The normalized spacial score (nSPS) is 22.5. The standard InChI is InChI=1S/C24H24FN5O3/c25-19-7-2-1-6-17(19)18-14-30(15-24(18)11-3-8-20(31)28-24)22(32)10-9-21-27-23(29-33-21)16-5-4-12-26-13-16/h1-2,4-7,12-13,18H,3,8-11,14-15H2,(H,28,31)/t18-,24+/m0/s1. The molecule has 2 aromatic heterocycles. The molecule has 0 bridgehead atoms. The molecule has 2 aliphatic heterocycles. The molecule has 9 heteroatoms. The first-order valence-corrected chi connectivity index (χ1v) is 11.1. The highest BCUT2D eigenvalue weighted by Gasteiger charge is 2.51. The van der Waals surface area contributed by atoms with Gasteiger partial charge in [0.15, 0.2) is 0 Å². The molecule has 5 rings (SSSR count). The lowest BCUT2D eigenvalue weighted by molar-refractivity contribution is -0.131. The highest BCUT2D eigenvalue weighted by molar-refractivity contribution is 5.80. The third-order valence-corrected chi connectivity index (χ3v) is 6.53. The van der Waals surface area contributed by atoms with Crippen LogP contribution in [-0.4, -0.2) is 50.5 Å². The highest BCUT2D eigenvalue weighted by Crippen LogP contribution is 2.42. The molecule has 4 heterocycles. The average Bonchev–Trinajstić information content (AvgIpc) is 3.44. The van der Waals surface area contributed by atoms with Crippen LogP contribution in [0.15, 0.2) is 53.3 Å². The molecule has 0 aliphatic carbocycles. The molecule has 0 unspecified atom stereocenters. The van der Waals surface area contributed by atoms with E-state index in [1.165, 1.54) is 6.07 Å². The fourth-order valence-corrected chi connectivity index (χ4v) is 4.94. The number of aryl methyl sites for hydroxylation is 1. The number of likely N-dealkylation sites (tertiary alicyclic amines) is 1. The van der Waals surface area contributed by atoms with E-state index in [4.69, 9.17) is 4.52 Å². The first kappa shape index (κ1) is 21.2. The molecular weight excluding hydrogens is 425 g/mol. The van der Waals surface area contributed by atoms with Crippen LogP contribution in [0.3, 0.4) is 0 Å². The van der Waals surface area contributed by atoms with Gasteiger partial charge in [-0.05, 0) is 36.6 Å². The van der Waals surface area contributed by atoms with Gasteiger partial charge in [-0.3, -0.25) is 14.6 Å². The molecule has 0 saturated carbocycles. The van der Waals surface area contributed by atoms with Crippen LogP contribution in [0.1, 0.15) is 43.1 Å². The summed E-state index contributed by atoms with van der Waals surface area (Å²) in [5, 5.41) is 7.06. The summed E-state index contributed by atoms with van der Waals surface area (Å²) in [5.74, 6) is 0.0417. The van der Waals surface area contributed by atoms with Crippen LogP contribution in [0.2, 0.25) is 0 Å². The van der Waals surface area contributed by atoms with Crippen LogP contribution in [0.5, 0.6) is 0 Å². The molecule has 2 atom stereocenters. The summed E-state index contributed by atoms with van der Waals surface area (Å²) >= 11 is 0. The van der Waals surface area contributed by atoms with Crippen LogP contribution in [0, 0.1) is 5.82 Å². The van der Waals surface area contributed by atoms with Crippen LogP contribution < -0.4 is 5.32 Å². The Kier molecular flexibility index (Phi) is 5.62. The molecule has 2 fully saturated rings. The molecule has 170 valence electrons. The number of hydrogen-bond donors (Lipinski definition) is 1. The predicted molar refractivity (Wildman–Crippen MR) is 116 cm³/mol. The van der Waals surface area contributed by atoms with Gasteiger partial charge in [-0.2, -0.15) is 4.98 Å². The Morgan fingerprint density at radius 2 is 2.15 bits per heavy atom. The second-order valence-electron chi connectivity index (χ2n) is 8.66. The highest BCUT2D eigenvalue weighted by atomic mass is 19.1. The number of benzene rings is 1. The Bertz CT molecular complexity index is 1170. The van der Waals surface area contributed by atoms with E-state index in [9.17, 15) is 14.0 Å². The van der Waals surface area contributed by atoms with E-state index in [1.807, 2.05) is 6.07 Å². The van der Waals surface area contributed by atoms with Crippen molar-refractivity contribution in [2.75, 3.05) is 13.1 Å². The second kappa shape index (κ2) is 8.73. The fraction of sp³-hybridized carbons (Fsp3) is 0.375. The van der Waals surface area contributed by atoms with Gasteiger partial charge in [-0.15, -0.1) is 0 Å². The maximum Gasteiger partial charge on any atom is 0.227 e. The largest absolute Gasteiger partial charge is 0.348 e. The monoisotopic (exact) mass is 449 g/mol. The Balaban J connectivity index is 1.30. The number of pyridine rings is 1. The molecule has 1 spiro atoms. The van der Waals surface area contributed by atoms with Crippen LogP contribution in [0.25, 0.3) is 11.4 Å². The minimum absolute atomic E-state index is 0.0503. The lowest BCUT2D eigenvalue weighted by atomic mass is 9.76. The molecule has 2 saturated heterocycles. The number of nitrogens with zero attached hydrogens (tertiary/aromatic N) is 4. The lowest BCUT2D eigenvalue weighted by Crippen LogP contribution is -2.56. The number of carbonyl (C=O) groups is 2. The van der Waals surface area contributed by atoms with Gasteiger partial charge in [0.2, 0.25) is 23.5 Å². The summed E-state index contributed by atoms with van der Waals surface area (Å²) < 4.78 is 20.0. The van der Waals surface area contributed by atoms with Gasteiger partial charge in [0.25, 0.3) is 0 Å². The summed E-state index contributed by atoms with van der Waals surface area (Å²) in [5.41, 5.74) is 0.625. The van der Waals surface area contributed by atoms with Crippen LogP contribution in [-0.2, 0) is 16.0 Å². The Labute approximate surface area is 190 Å². The summed E-state index contributed by atoms with van der Waals surface area (Å²) in [4.78, 5) is 35.5. The molecule has 1 aromatic carbocycles. The topological polar surface area (TPSA) is 101 Å². The molecule has 33 heavy (non-hydrogen) atoms. The molecule has 1 N–H and O–H groups in total. The predicted octanol–water partition coefficient (Wildman–Crippen LogP) is 2.87. The first-order chi connectivity index (χ1) is 16.0. The SMILES string of the molecule is O=C1CCC[C@]2(CN(C(=O)CCc3nc(-c4cccnc4)no3)C[C@H]2c2ccccc2F)N1. The molecule has 3 aromatic rings. The quantitative estimate of drug-likeness (QED) is 0.643. The van der Waals surface area contributed by atoms with Crippen molar-refractivity contribution in [3.05, 3.63) is 66.1 Å². The van der Waals surface area contributed by atoms with Gasteiger partial charge in [0.05, 0.1) is 5.54 Å². The number of piperidine rings is 1. The fourth-order valence-electron chi connectivity index (χ4n) is 4.94. The Morgan fingerprint density at radius 3 is 2.94 bits per heavy atom. The summed E-state index contributed by atoms with van der Waals surface area (Å²) in [6.07, 6.45) is 5.67.